The van der Waals surface area contributed by atoms with Gasteiger partial charge in [0.25, 0.3) is 0 Å². The molecule has 0 aliphatic carbocycles. The molecule has 5 nitrogen and oxygen atoms in total. The average molecular weight is 178 g/mol. The molecule has 0 radical (unpaired) electrons. The lowest BCUT2D eigenvalue weighted by Crippen LogP contribution is -2.11. The van der Waals surface area contributed by atoms with Crippen LogP contribution in [0.5, 0.6) is 5.75 Å². The largest absolute Gasteiger partial charge is 0.503 e. The fraction of sp³-hybridized carbons (Fsp3) is 0.250. The molecule has 1 N–H and O–H groups in total. The van der Waals surface area contributed by atoms with Crippen molar-refractivity contribution in [2.75, 3.05) is 19.0 Å². The van der Waals surface area contributed by atoms with Crippen molar-refractivity contribution in [3.63, 3.8) is 0 Å². The molecule has 5 heteroatoms. The van der Waals surface area contributed by atoms with Crippen LogP contribution in [-0.4, -0.2) is 33.8 Å². The maximum absolute atomic E-state index is 9.53. The summed E-state index contributed by atoms with van der Waals surface area (Å²) < 4.78 is 1.53. The van der Waals surface area contributed by atoms with Gasteiger partial charge >= 0.3 is 0 Å². The predicted molar refractivity (Wildman–Crippen MR) is 49.0 cm³/mol. The van der Waals surface area contributed by atoms with Crippen LogP contribution in [0.2, 0.25) is 0 Å². The zero-order chi connectivity index (χ0) is 9.42. The molecule has 2 aromatic heterocycles. The summed E-state index contributed by atoms with van der Waals surface area (Å²) in [5.41, 5.74) is 0.724. The summed E-state index contributed by atoms with van der Waals surface area (Å²) in [5, 5.41) is 13.5. The number of hydrogen-bond donors (Lipinski definition) is 1. The monoisotopic (exact) mass is 178 g/mol. The fourth-order valence-corrected chi connectivity index (χ4v) is 1.16. The molecular weight excluding hydrogens is 168 g/mol. The summed E-state index contributed by atoms with van der Waals surface area (Å²) in [6.45, 7) is 0. The normalized spacial score (nSPS) is 10.6. The zero-order valence-corrected chi connectivity index (χ0v) is 7.47. The quantitative estimate of drug-likeness (QED) is 0.691. The third-order valence-corrected chi connectivity index (χ3v) is 1.77. The van der Waals surface area contributed by atoms with E-state index >= 15 is 0 Å². The van der Waals surface area contributed by atoms with Gasteiger partial charge in [-0.1, -0.05) is 0 Å². The molecule has 0 unspecified atom stereocenters. The summed E-state index contributed by atoms with van der Waals surface area (Å²) in [6.07, 6.45) is 3.18. The minimum Gasteiger partial charge on any atom is -0.503 e. The molecule has 0 spiro atoms. The molecule has 13 heavy (non-hydrogen) atoms. The van der Waals surface area contributed by atoms with Gasteiger partial charge in [-0.05, 0) is 0 Å². The number of anilines is 1. The SMILES string of the molecule is CN(C)c1nc2ccnn2cc1O. The Morgan fingerprint density at radius 2 is 2.23 bits per heavy atom. The first-order valence-corrected chi connectivity index (χ1v) is 3.89. The summed E-state index contributed by atoms with van der Waals surface area (Å²) in [4.78, 5) is 5.96. The van der Waals surface area contributed by atoms with Crippen molar-refractivity contribution in [2.24, 2.45) is 0 Å². The predicted octanol–water partition coefficient (Wildman–Crippen LogP) is 0.501. The molecular formula is C8H10N4O. The van der Waals surface area contributed by atoms with E-state index in [0.29, 0.717) is 5.82 Å². The Hall–Kier alpha value is -1.78. The first-order valence-electron chi connectivity index (χ1n) is 3.89. The smallest absolute Gasteiger partial charge is 0.177 e. The van der Waals surface area contributed by atoms with Crippen LogP contribution in [0.1, 0.15) is 0 Å². The summed E-state index contributed by atoms with van der Waals surface area (Å²) in [7, 11) is 3.66. The van der Waals surface area contributed by atoms with Crippen LogP contribution < -0.4 is 4.90 Å². The average Bonchev–Trinajstić information content (AvgIpc) is 2.48. The Morgan fingerprint density at radius 1 is 1.46 bits per heavy atom. The van der Waals surface area contributed by atoms with Crippen molar-refractivity contribution in [1.29, 1.82) is 0 Å². The molecule has 0 bridgehead atoms. The van der Waals surface area contributed by atoms with Crippen LogP contribution in [0.15, 0.2) is 18.5 Å². The highest BCUT2D eigenvalue weighted by molar-refractivity contribution is 5.55. The van der Waals surface area contributed by atoms with E-state index in [1.54, 1.807) is 17.2 Å². The zero-order valence-electron chi connectivity index (χ0n) is 7.47. The second-order valence-electron chi connectivity index (χ2n) is 2.98. The molecule has 2 heterocycles. The molecule has 0 amide bonds. The Balaban J connectivity index is 2.69. The minimum atomic E-state index is 0.126. The van der Waals surface area contributed by atoms with E-state index in [9.17, 15) is 5.11 Å². The lowest BCUT2D eigenvalue weighted by atomic mass is 10.5. The van der Waals surface area contributed by atoms with Crippen molar-refractivity contribution in [3.05, 3.63) is 18.5 Å². The summed E-state index contributed by atoms with van der Waals surface area (Å²) in [5.74, 6) is 0.675. The first kappa shape index (κ1) is 7.85. The van der Waals surface area contributed by atoms with Crippen LogP contribution in [0.3, 0.4) is 0 Å². The standard InChI is InChI=1S/C8H10N4O/c1-11(2)8-6(13)5-12-7(10-8)3-4-9-12/h3-5,13H,1-2H3. The number of hydrogen-bond acceptors (Lipinski definition) is 4. The van der Waals surface area contributed by atoms with Crippen LogP contribution in [0, 0.1) is 0 Å². The van der Waals surface area contributed by atoms with Crippen molar-refractivity contribution in [1.82, 2.24) is 14.6 Å². The number of aromatic hydroxyl groups is 1. The Labute approximate surface area is 75.2 Å². The van der Waals surface area contributed by atoms with Crippen LogP contribution in [-0.2, 0) is 0 Å². The highest BCUT2D eigenvalue weighted by Gasteiger charge is 2.07. The number of aromatic nitrogens is 3. The maximum atomic E-state index is 9.53. The van der Waals surface area contributed by atoms with Gasteiger partial charge in [-0.25, -0.2) is 9.50 Å². The van der Waals surface area contributed by atoms with Gasteiger partial charge in [-0.3, -0.25) is 0 Å². The fourth-order valence-electron chi connectivity index (χ4n) is 1.16. The lowest BCUT2D eigenvalue weighted by molar-refractivity contribution is 0.468. The molecule has 0 saturated carbocycles. The van der Waals surface area contributed by atoms with E-state index in [2.05, 4.69) is 10.1 Å². The van der Waals surface area contributed by atoms with E-state index in [-0.39, 0.29) is 5.75 Å². The summed E-state index contributed by atoms with van der Waals surface area (Å²) in [6, 6.07) is 1.78. The van der Waals surface area contributed by atoms with Gasteiger partial charge < -0.3 is 10.0 Å². The highest BCUT2D eigenvalue weighted by atomic mass is 16.3. The molecule has 0 saturated heterocycles. The van der Waals surface area contributed by atoms with Crippen molar-refractivity contribution in [2.45, 2.75) is 0 Å². The third kappa shape index (κ3) is 1.18. The van der Waals surface area contributed by atoms with E-state index in [4.69, 9.17) is 0 Å². The Morgan fingerprint density at radius 3 is 2.92 bits per heavy atom. The van der Waals surface area contributed by atoms with Crippen molar-refractivity contribution < 1.29 is 5.11 Å². The molecule has 0 aliphatic rings. The molecule has 2 aromatic rings. The molecule has 0 atom stereocenters. The highest BCUT2D eigenvalue weighted by Crippen LogP contribution is 2.22. The van der Waals surface area contributed by atoms with Gasteiger partial charge in [0.15, 0.2) is 17.2 Å². The maximum Gasteiger partial charge on any atom is 0.177 e. The topological polar surface area (TPSA) is 53.7 Å². The number of nitrogens with zero attached hydrogens (tertiary/aromatic N) is 4. The Bertz CT molecular complexity index is 435. The molecule has 0 fully saturated rings. The van der Waals surface area contributed by atoms with Crippen LogP contribution in [0.25, 0.3) is 5.65 Å². The molecule has 0 aromatic carbocycles. The minimum absolute atomic E-state index is 0.126. The van der Waals surface area contributed by atoms with Crippen molar-refractivity contribution in [3.8, 4) is 5.75 Å². The van der Waals surface area contributed by atoms with Gasteiger partial charge in [-0.15, -0.1) is 0 Å². The first-order chi connectivity index (χ1) is 6.18. The second-order valence-corrected chi connectivity index (χ2v) is 2.98. The van der Waals surface area contributed by atoms with E-state index in [1.165, 1.54) is 10.7 Å². The van der Waals surface area contributed by atoms with E-state index < -0.39 is 0 Å². The number of rotatable bonds is 1. The second kappa shape index (κ2) is 2.62. The van der Waals surface area contributed by atoms with Gasteiger partial charge in [0.05, 0.1) is 12.4 Å². The third-order valence-electron chi connectivity index (χ3n) is 1.77. The van der Waals surface area contributed by atoms with Gasteiger partial charge in [0.1, 0.15) is 0 Å². The van der Waals surface area contributed by atoms with Crippen molar-refractivity contribution >= 4 is 11.5 Å². The van der Waals surface area contributed by atoms with Crippen LogP contribution >= 0.6 is 0 Å². The number of fused-ring (bicyclic) bond motifs is 1. The molecule has 68 valence electrons. The summed E-state index contributed by atoms with van der Waals surface area (Å²) >= 11 is 0. The van der Waals surface area contributed by atoms with Gasteiger partial charge in [-0.2, -0.15) is 5.10 Å². The molecule has 0 aliphatic heterocycles. The van der Waals surface area contributed by atoms with Gasteiger partial charge in [0.2, 0.25) is 0 Å². The van der Waals surface area contributed by atoms with Crippen LogP contribution in [0.4, 0.5) is 5.82 Å². The van der Waals surface area contributed by atoms with E-state index in [0.717, 1.165) is 5.65 Å². The van der Waals surface area contributed by atoms with E-state index in [1.807, 2.05) is 14.1 Å². The van der Waals surface area contributed by atoms with Gasteiger partial charge in [0, 0.05) is 20.2 Å². The Kier molecular flexibility index (Phi) is 1.58. The lowest BCUT2D eigenvalue weighted by Gasteiger charge is -2.12. The molecule has 2 rings (SSSR count).